The third kappa shape index (κ3) is 6.45. The topological polar surface area (TPSA) is 111 Å². The van der Waals surface area contributed by atoms with Crippen molar-refractivity contribution in [3.05, 3.63) is 155 Å². The lowest BCUT2D eigenvalue weighted by Crippen LogP contribution is -2.47. The number of fused-ring (bicyclic) bond motifs is 1. The molecule has 10 heteroatoms. The molecule has 3 heterocycles. The molecule has 2 amide bonds. The number of rotatable bonds is 10. The lowest BCUT2D eigenvalue weighted by Gasteiger charge is -2.37. The third-order valence-corrected chi connectivity index (χ3v) is 9.05. The Hall–Kier alpha value is -5.15. The van der Waals surface area contributed by atoms with Crippen molar-refractivity contribution in [3.8, 4) is 6.07 Å². The average molecular weight is 672 g/mol. The predicted molar refractivity (Wildman–Crippen MR) is 181 cm³/mol. The molecule has 1 unspecified atom stereocenters. The van der Waals surface area contributed by atoms with Crippen molar-refractivity contribution >= 4 is 11.8 Å². The second kappa shape index (κ2) is 14.0. The van der Waals surface area contributed by atoms with Crippen molar-refractivity contribution in [2.24, 2.45) is 0 Å². The molecule has 4 atom stereocenters. The van der Waals surface area contributed by atoms with E-state index in [2.05, 4.69) is 0 Å². The van der Waals surface area contributed by atoms with E-state index in [9.17, 15) is 14.9 Å². The van der Waals surface area contributed by atoms with Crippen molar-refractivity contribution in [2.75, 3.05) is 13.2 Å². The number of benzene rings is 4. The number of hydroxylamine groups is 2. The largest absolute Gasteiger partial charge is 0.358 e. The van der Waals surface area contributed by atoms with Gasteiger partial charge in [-0.3, -0.25) is 19.3 Å². The molecule has 3 aliphatic rings. The van der Waals surface area contributed by atoms with Crippen LogP contribution in [0, 0.1) is 11.3 Å². The number of hydrogen-bond donors (Lipinski definition) is 0. The van der Waals surface area contributed by atoms with Crippen LogP contribution in [0.15, 0.2) is 133 Å². The number of nitriles is 1. The molecule has 10 nitrogen and oxygen atoms in total. The number of nitrogens with zero attached hydrogens (tertiary/aromatic N) is 3. The van der Waals surface area contributed by atoms with Crippen LogP contribution < -0.4 is 0 Å². The van der Waals surface area contributed by atoms with Gasteiger partial charge in [-0.15, -0.1) is 0 Å². The Kier molecular flexibility index (Phi) is 9.33. The second-order valence-corrected chi connectivity index (χ2v) is 12.8. The zero-order chi connectivity index (χ0) is 34.7. The molecule has 0 aromatic heterocycles. The van der Waals surface area contributed by atoms with E-state index in [-0.39, 0.29) is 18.8 Å². The highest BCUT2D eigenvalue weighted by Crippen LogP contribution is 2.44. The van der Waals surface area contributed by atoms with Crippen LogP contribution in [0.25, 0.3) is 0 Å². The monoisotopic (exact) mass is 671 g/mol. The van der Waals surface area contributed by atoms with Crippen molar-refractivity contribution in [1.82, 2.24) is 9.96 Å². The van der Waals surface area contributed by atoms with E-state index in [4.69, 9.17) is 23.8 Å². The first kappa shape index (κ1) is 33.4. The second-order valence-electron chi connectivity index (χ2n) is 12.8. The van der Waals surface area contributed by atoms with Crippen LogP contribution in [0.4, 0.5) is 0 Å². The molecule has 254 valence electrons. The lowest BCUT2D eigenvalue weighted by molar-refractivity contribution is -0.213. The predicted octanol–water partition coefficient (Wildman–Crippen LogP) is 5.45. The molecule has 50 heavy (non-hydrogen) atoms. The van der Waals surface area contributed by atoms with Crippen molar-refractivity contribution in [2.45, 2.75) is 56.4 Å². The Morgan fingerprint density at radius 2 is 1.32 bits per heavy atom. The van der Waals surface area contributed by atoms with Crippen molar-refractivity contribution in [3.63, 3.8) is 0 Å². The summed E-state index contributed by atoms with van der Waals surface area (Å²) in [5.41, 5.74) is 2.27. The summed E-state index contributed by atoms with van der Waals surface area (Å²) in [6, 6.07) is 41.1. The van der Waals surface area contributed by atoms with Gasteiger partial charge in [-0.25, -0.2) is 5.06 Å². The van der Waals surface area contributed by atoms with E-state index in [1.165, 1.54) is 11.1 Å². The molecule has 0 radical (unpaired) electrons. The van der Waals surface area contributed by atoms with Gasteiger partial charge in [0.15, 0.2) is 12.0 Å². The number of carbonyl (C=O) groups excluding carboxylic acids is 2. The van der Waals surface area contributed by atoms with E-state index in [0.29, 0.717) is 0 Å². The fraction of sp³-hybridized carbons (Fsp3) is 0.275. The Morgan fingerprint density at radius 3 is 1.86 bits per heavy atom. The van der Waals surface area contributed by atoms with E-state index in [1.54, 1.807) is 13.8 Å². The van der Waals surface area contributed by atoms with Crippen LogP contribution in [-0.2, 0) is 45.6 Å². The summed E-state index contributed by atoms with van der Waals surface area (Å²) < 4.78 is 26.4. The third-order valence-electron chi connectivity index (χ3n) is 9.05. The average Bonchev–Trinajstić information content (AvgIpc) is 3.60. The van der Waals surface area contributed by atoms with Crippen LogP contribution in [0.3, 0.4) is 0 Å². The first-order valence-corrected chi connectivity index (χ1v) is 16.5. The zero-order valence-corrected chi connectivity index (χ0v) is 27.8. The van der Waals surface area contributed by atoms with Gasteiger partial charge in [0.2, 0.25) is 0 Å². The smallest absolute Gasteiger partial charge is 0.290 e. The normalized spacial score (nSPS) is 23.3. The van der Waals surface area contributed by atoms with Gasteiger partial charge in [0.25, 0.3) is 11.8 Å². The quantitative estimate of drug-likeness (QED) is 0.205. The number of ether oxygens (including phenoxy) is 4. The maximum absolute atomic E-state index is 13.8. The van der Waals surface area contributed by atoms with Gasteiger partial charge in [-0.2, -0.15) is 5.26 Å². The van der Waals surface area contributed by atoms with Gasteiger partial charge in [0.1, 0.15) is 48.7 Å². The summed E-state index contributed by atoms with van der Waals surface area (Å²) in [5.74, 6) is -2.24. The first-order chi connectivity index (χ1) is 24.3. The summed E-state index contributed by atoms with van der Waals surface area (Å²) in [6.45, 7) is 3.25. The van der Waals surface area contributed by atoms with E-state index in [1.807, 2.05) is 127 Å². The van der Waals surface area contributed by atoms with Crippen LogP contribution in [0.5, 0.6) is 0 Å². The fourth-order valence-corrected chi connectivity index (χ4v) is 6.79. The minimum absolute atomic E-state index is 0.0414. The first-order valence-electron chi connectivity index (χ1n) is 16.5. The maximum atomic E-state index is 13.8. The zero-order valence-electron chi connectivity index (χ0n) is 27.8. The Balaban J connectivity index is 1.19. The summed E-state index contributed by atoms with van der Waals surface area (Å²) in [5, 5.41) is 10.9. The highest BCUT2D eigenvalue weighted by Gasteiger charge is 2.58. The van der Waals surface area contributed by atoms with Gasteiger partial charge in [0.05, 0.1) is 6.61 Å². The molecule has 0 saturated carbocycles. The Labute approximate surface area is 290 Å². The molecular weight excluding hydrogens is 634 g/mol. The van der Waals surface area contributed by atoms with E-state index < -0.39 is 54.3 Å². The minimum atomic E-state index is -1.02. The molecular formula is C40H37N3O7. The summed E-state index contributed by atoms with van der Waals surface area (Å²) in [7, 11) is 0. The number of hydrogen-bond acceptors (Lipinski definition) is 8. The molecule has 2 fully saturated rings. The van der Waals surface area contributed by atoms with Gasteiger partial charge in [0, 0.05) is 6.20 Å². The molecule has 3 aliphatic heterocycles. The molecule has 0 N–H and O–H groups in total. The molecule has 0 aliphatic carbocycles. The highest BCUT2D eigenvalue weighted by molar-refractivity contribution is 6.00. The highest BCUT2D eigenvalue weighted by atomic mass is 16.8. The fourth-order valence-electron chi connectivity index (χ4n) is 6.79. The summed E-state index contributed by atoms with van der Waals surface area (Å²) in [4.78, 5) is 34.2. The minimum Gasteiger partial charge on any atom is -0.358 e. The molecule has 0 bridgehead atoms. The van der Waals surface area contributed by atoms with Crippen LogP contribution in [0.2, 0.25) is 0 Å². The van der Waals surface area contributed by atoms with E-state index >= 15 is 0 Å². The van der Waals surface area contributed by atoms with Gasteiger partial charge in [-0.1, -0.05) is 121 Å². The molecule has 0 spiro atoms. The van der Waals surface area contributed by atoms with Crippen LogP contribution in [-0.4, -0.2) is 65.3 Å². The number of amides is 2. The van der Waals surface area contributed by atoms with Crippen LogP contribution in [0.1, 0.15) is 36.1 Å². The van der Waals surface area contributed by atoms with Crippen molar-refractivity contribution in [1.29, 1.82) is 5.26 Å². The lowest BCUT2D eigenvalue weighted by atomic mass is 9.80. The Morgan fingerprint density at radius 1 is 0.800 bits per heavy atom. The number of carbonyl (C=O) groups is 2. The molecule has 4 aromatic carbocycles. The van der Waals surface area contributed by atoms with Crippen LogP contribution >= 0.6 is 0 Å². The van der Waals surface area contributed by atoms with Crippen molar-refractivity contribution < 1.29 is 33.4 Å². The summed E-state index contributed by atoms with van der Waals surface area (Å²) in [6.07, 6.45) is -1.87. The van der Waals surface area contributed by atoms with E-state index in [0.717, 1.165) is 27.3 Å². The van der Waals surface area contributed by atoms with Gasteiger partial charge >= 0.3 is 0 Å². The van der Waals surface area contributed by atoms with Gasteiger partial charge < -0.3 is 18.9 Å². The summed E-state index contributed by atoms with van der Waals surface area (Å²) >= 11 is 0. The molecule has 4 aromatic rings. The Bertz CT molecular complexity index is 1780. The standard InChI is InChI=1S/C40H37N3O7/c1-39(2)49-35-33(27-46-40(30-17-9-4-10-18-30,31-19-11-5-12-20-31)32-21-13-6-14-22-32)48-38(36(35)50-39)42-24-29(23-41)37(45)43(25-34(42)44)47-26-28-15-7-3-8-16-28/h3-22,24,33,35-36,38H,25-27H2,1-2H3/t33-,35+,36?,38-/m1/s1. The molecule has 7 rings (SSSR count). The molecule has 2 saturated heterocycles. The SMILES string of the molecule is CC1(C)OC2[C@@H](O1)[C@@H](COC(c1ccccc1)(c1ccccc1)c1ccccc1)O[C@H]2N1C=C(C#N)C(=O)N(OCc2ccccc2)CC1=O. The maximum Gasteiger partial charge on any atom is 0.290 e. The van der Waals surface area contributed by atoms with Gasteiger partial charge in [-0.05, 0) is 36.1 Å².